The zero-order valence-electron chi connectivity index (χ0n) is 11.3. The first-order valence-electron chi connectivity index (χ1n) is 6.63. The minimum Gasteiger partial charge on any atom is -0.393 e. The lowest BCUT2D eigenvalue weighted by atomic mass is 9.89. The van der Waals surface area contributed by atoms with E-state index in [4.69, 9.17) is 0 Å². The second-order valence-electron chi connectivity index (χ2n) is 4.93. The Morgan fingerprint density at radius 3 is 2.50 bits per heavy atom. The Bertz CT molecular complexity index is 416. The molecule has 0 amide bonds. The molecule has 1 fully saturated rings. The summed E-state index contributed by atoms with van der Waals surface area (Å²) in [5.41, 5.74) is 1.04. The Morgan fingerprint density at radius 2 is 1.94 bits per heavy atom. The van der Waals surface area contributed by atoms with Crippen LogP contribution in [0.5, 0.6) is 0 Å². The van der Waals surface area contributed by atoms with Crippen molar-refractivity contribution in [3.8, 4) is 0 Å². The Hall–Kier alpha value is -1.36. The van der Waals surface area contributed by atoms with E-state index >= 15 is 0 Å². The standard InChI is InChI=1S/C13H22N4O/c1-4-5-11-16-12(14-3)8(2)13(17-11)15-9-6-10(18)7-9/h9-10,18H,4-7H2,1-3H3,(H2,14,15,16,17). The van der Waals surface area contributed by atoms with E-state index in [9.17, 15) is 5.11 Å². The van der Waals surface area contributed by atoms with Crippen LogP contribution in [-0.4, -0.2) is 34.3 Å². The van der Waals surface area contributed by atoms with Gasteiger partial charge < -0.3 is 15.7 Å². The largest absolute Gasteiger partial charge is 0.393 e. The summed E-state index contributed by atoms with van der Waals surface area (Å²) in [6, 6.07) is 0.341. The lowest BCUT2D eigenvalue weighted by Crippen LogP contribution is -2.39. The van der Waals surface area contributed by atoms with E-state index in [0.717, 1.165) is 48.7 Å². The molecule has 1 aromatic heterocycles. The summed E-state index contributed by atoms with van der Waals surface area (Å²) in [5.74, 6) is 2.65. The minimum absolute atomic E-state index is 0.150. The molecular formula is C13H22N4O. The van der Waals surface area contributed by atoms with Gasteiger partial charge in [-0.05, 0) is 26.2 Å². The highest BCUT2D eigenvalue weighted by Gasteiger charge is 2.28. The zero-order chi connectivity index (χ0) is 13.1. The maximum Gasteiger partial charge on any atom is 0.134 e. The molecule has 5 heteroatoms. The molecule has 1 saturated carbocycles. The summed E-state index contributed by atoms with van der Waals surface area (Å²) < 4.78 is 0. The molecule has 0 aromatic carbocycles. The van der Waals surface area contributed by atoms with Crippen LogP contribution < -0.4 is 10.6 Å². The number of nitrogens with zero attached hydrogens (tertiary/aromatic N) is 2. The summed E-state index contributed by atoms with van der Waals surface area (Å²) in [6.07, 6.45) is 3.39. The Morgan fingerprint density at radius 1 is 1.28 bits per heavy atom. The molecule has 1 aliphatic carbocycles. The lowest BCUT2D eigenvalue weighted by molar-refractivity contribution is 0.0835. The van der Waals surface area contributed by atoms with Gasteiger partial charge in [-0.3, -0.25) is 0 Å². The molecule has 1 aromatic rings. The van der Waals surface area contributed by atoms with Crippen molar-refractivity contribution >= 4 is 11.6 Å². The molecule has 0 unspecified atom stereocenters. The van der Waals surface area contributed by atoms with Crippen molar-refractivity contribution in [3.05, 3.63) is 11.4 Å². The van der Waals surface area contributed by atoms with Gasteiger partial charge in [0.05, 0.1) is 6.10 Å². The third-order valence-electron chi connectivity index (χ3n) is 3.36. The number of nitrogens with one attached hydrogen (secondary N) is 2. The molecule has 5 nitrogen and oxygen atoms in total. The number of hydrogen-bond donors (Lipinski definition) is 3. The van der Waals surface area contributed by atoms with E-state index in [-0.39, 0.29) is 6.10 Å². The van der Waals surface area contributed by atoms with Crippen LogP contribution in [0, 0.1) is 6.92 Å². The third-order valence-corrected chi connectivity index (χ3v) is 3.36. The first-order valence-corrected chi connectivity index (χ1v) is 6.63. The van der Waals surface area contributed by atoms with E-state index in [1.165, 1.54) is 0 Å². The second-order valence-corrected chi connectivity index (χ2v) is 4.93. The lowest BCUT2D eigenvalue weighted by Gasteiger charge is -2.33. The molecule has 3 N–H and O–H groups in total. The van der Waals surface area contributed by atoms with E-state index in [1.54, 1.807) is 0 Å². The highest BCUT2D eigenvalue weighted by Crippen LogP contribution is 2.27. The van der Waals surface area contributed by atoms with Crippen molar-refractivity contribution in [2.24, 2.45) is 0 Å². The van der Waals surface area contributed by atoms with Crippen molar-refractivity contribution in [1.82, 2.24) is 9.97 Å². The maximum atomic E-state index is 9.32. The topological polar surface area (TPSA) is 70.1 Å². The molecule has 0 aliphatic heterocycles. The molecule has 1 aliphatic rings. The van der Waals surface area contributed by atoms with Gasteiger partial charge in [-0.15, -0.1) is 0 Å². The van der Waals surface area contributed by atoms with E-state index in [2.05, 4.69) is 27.5 Å². The van der Waals surface area contributed by atoms with Gasteiger partial charge in [0.1, 0.15) is 17.5 Å². The van der Waals surface area contributed by atoms with Crippen LogP contribution in [0.15, 0.2) is 0 Å². The van der Waals surface area contributed by atoms with Crippen molar-refractivity contribution in [3.63, 3.8) is 0 Å². The maximum absolute atomic E-state index is 9.32. The smallest absolute Gasteiger partial charge is 0.134 e. The van der Waals surface area contributed by atoms with Crippen LogP contribution >= 0.6 is 0 Å². The monoisotopic (exact) mass is 250 g/mol. The predicted molar refractivity (Wildman–Crippen MR) is 73.0 cm³/mol. The zero-order valence-corrected chi connectivity index (χ0v) is 11.3. The summed E-state index contributed by atoms with van der Waals surface area (Å²) in [4.78, 5) is 9.07. The Kier molecular flexibility index (Phi) is 4.01. The van der Waals surface area contributed by atoms with Crippen LogP contribution in [0.3, 0.4) is 0 Å². The summed E-state index contributed by atoms with van der Waals surface area (Å²) in [7, 11) is 1.88. The van der Waals surface area contributed by atoms with Crippen molar-refractivity contribution in [2.75, 3.05) is 17.7 Å². The van der Waals surface area contributed by atoms with Gasteiger partial charge in [0.2, 0.25) is 0 Å². The first-order chi connectivity index (χ1) is 8.63. The number of aryl methyl sites for hydroxylation is 1. The summed E-state index contributed by atoms with van der Waals surface area (Å²) in [6.45, 7) is 4.14. The average molecular weight is 250 g/mol. The molecule has 0 saturated heterocycles. The fraction of sp³-hybridized carbons (Fsp3) is 0.692. The number of rotatable bonds is 5. The fourth-order valence-electron chi connectivity index (χ4n) is 2.18. The van der Waals surface area contributed by atoms with Gasteiger partial charge in [0, 0.05) is 25.1 Å². The van der Waals surface area contributed by atoms with Gasteiger partial charge in [0.15, 0.2) is 0 Å². The summed E-state index contributed by atoms with van der Waals surface area (Å²) in [5, 5.41) is 15.8. The number of hydrogen-bond acceptors (Lipinski definition) is 5. The van der Waals surface area contributed by atoms with Crippen LogP contribution in [-0.2, 0) is 6.42 Å². The van der Waals surface area contributed by atoms with Gasteiger partial charge in [0.25, 0.3) is 0 Å². The molecular weight excluding hydrogens is 228 g/mol. The van der Waals surface area contributed by atoms with Crippen LogP contribution in [0.1, 0.15) is 37.6 Å². The van der Waals surface area contributed by atoms with Crippen LogP contribution in [0.2, 0.25) is 0 Å². The van der Waals surface area contributed by atoms with Crippen LogP contribution in [0.25, 0.3) is 0 Å². The highest BCUT2D eigenvalue weighted by atomic mass is 16.3. The molecule has 18 heavy (non-hydrogen) atoms. The highest BCUT2D eigenvalue weighted by molar-refractivity contribution is 5.57. The normalized spacial score (nSPS) is 22.4. The first kappa shape index (κ1) is 13.1. The van der Waals surface area contributed by atoms with Crippen LogP contribution in [0.4, 0.5) is 11.6 Å². The molecule has 1 heterocycles. The fourth-order valence-corrected chi connectivity index (χ4v) is 2.18. The summed E-state index contributed by atoms with van der Waals surface area (Å²) >= 11 is 0. The molecule has 0 bridgehead atoms. The molecule has 0 atom stereocenters. The van der Waals surface area contributed by atoms with Gasteiger partial charge in [-0.2, -0.15) is 0 Å². The van der Waals surface area contributed by atoms with Gasteiger partial charge >= 0.3 is 0 Å². The number of aromatic nitrogens is 2. The van der Waals surface area contributed by atoms with Crippen molar-refractivity contribution in [2.45, 2.75) is 51.7 Å². The Balaban J connectivity index is 2.18. The molecule has 0 radical (unpaired) electrons. The third kappa shape index (κ3) is 2.72. The number of aliphatic hydroxyl groups excluding tert-OH is 1. The predicted octanol–water partition coefficient (Wildman–Crippen LogP) is 1.71. The SMILES string of the molecule is CCCc1nc(NC)c(C)c(NC2CC(O)C2)n1. The second kappa shape index (κ2) is 5.52. The van der Waals surface area contributed by atoms with E-state index < -0.39 is 0 Å². The van der Waals surface area contributed by atoms with Gasteiger partial charge in [-0.25, -0.2) is 9.97 Å². The number of aliphatic hydroxyl groups is 1. The quantitative estimate of drug-likeness (QED) is 0.742. The number of anilines is 2. The van der Waals surface area contributed by atoms with Gasteiger partial charge in [-0.1, -0.05) is 6.92 Å². The van der Waals surface area contributed by atoms with E-state index in [1.807, 2.05) is 14.0 Å². The molecule has 0 spiro atoms. The Labute approximate surface area is 108 Å². The van der Waals surface area contributed by atoms with Crippen molar-refractivity contribution < 1.29 is 5.11 Å². The minimum atomic E-state index is -0.150. The van der Waals surface area contributed by atoms with Crippen molar-refractivity contribution in [1.29, 1.82) is 0 Å². The molecule has 100 valence electrons. The molecule has 2 rings (SSSR count). The van der Waals surface area contributed by atoms with E-state index in [0.29, 0.717) is 6.04 Å². The average Bonchev–Trinajstić information content (AvgIpc) is 2.31.